The summed E-state index contributed by atoms with van der Waals surface area (Å²) in [5.41, 5.74) is 0.357. The van der Waals surface area contributed by atoms with Crippen molar-refractivity contribution >= 4 is 22.0 Å². The van der Waals surface area contributed by atoms with E-state index in [1.807, 2.05) is 0 Å². The van der Waals surface area contributed by atoms with E-state index in [2.05, 4.69) is 14.8 Å². The van der Waals surface area contributed by atoms with Crippen LogP contribution in [0.3, 0.4) is 0 Å². The Morgan fingerprint density at radius 3 is 2.34 bits per heavy atom. The van der Waals surface area contributed by atoms with Crippen molar-refractivity contribution < 1.29 is 40.2 Å². The third-order valence-corrected chi connectivity index (χ3v) is 5.94. The van der Waals surface area contributed by atoms with Gasteiger partial charge in [-0.15, -0.1) is 0 Å². The van der Waals surface area contributed by atoms with Crippen molar-refractivity contribution in [2.75, 3.05) is 14.1 Å². The third-order valence-electron chi connectivity index (χ3n) is 4.02. The maximum absolute atomic E-state index is 12.6. The Bertz CT molecular complexity index is 1080. The lowest BCUT2D eigenvalue weighted by Crippen LogP contribution is -2.26. The molecule has 2 aromatic rings. The molecule has 32 heavy (non-hydrogen) atoms. The van der Waals surface area contributed by atoms with E-state index in [1.54, 1.807) is 12.1 Å². The van der Waals surface area contributed by atoms with Crippen LogP contribution in [0.2, 0.25) is 0 Å². The Kier molecular flexibility index (Phi) is 8.61. The number of sulfonamides is 1. The van der Waals surface area contributed by atoms with Crippen molar-refractivity contribution in [3.05, 3.63) is 59.7 Å². The smallest absolute Gasteiger partial charge is 0.387 e. The first-order valence-electron chi connectivity index (χ1n) is 9.00. The molecule has 0 aliphatic rings. The van der Waals surface area contributed by atoms with Crippen LogP contribution in [0.25, 0.3) is 6.08 Å². The molecule has 0 aromatic heterocycles. The van der Waals surface area contributed by atoms with Crippen LogP contribution in [0.1, 0.15) is 11.1 Å². The molecule has 174 valence electrons. The van der Waals surface area contributed by atoms with Crippen LogP contribution < -0.4 is 14.8 Å². The number of benzene rings is 2. The molecule has 0 heterocycles. The molecule has 1 N–H and O–H groups in total. The van der Waals surface area contributed by atoms with E-state index in [0.717, 1.165) is 34.7 Å². The van der Waals surface area contributed by atoms with Gasteiger partial charge in [0.25, 0.3) is 0 Å². The van der Waals surface area contributed by atoms with Crippen LogP contribution in [0, 0.1) is 0 Å². The normalized spacial score (nSPS) is 12.0. The second kappa shape index (κ2) is 11.0. The van der Waals surface area contributed by atoms with E-state index in [-0.39, 0.29) is 17.0 Å². The highest BCUT2D eigenvalue weighted by Crippen LogP contribution is 2.28. The van der Waals surface area contributed by atoms with E-state index < -0.39 is 40.7 Å². The predicted molar refractivity (Wildman–Crippen MR) is 108 cm³/mol. The number of halogens is 4. The van der Waals surface area contributed by atoms with Gasteiger partial charge < -0.3 is 14.8 Å². The number of nitrogens with zero attached hydrogens (tertiary/aromatic N) is 1. The van der Waals surface area contributed by atoms with Crippen LogP contribution >= 0.6 is 0 Å². The SMILES string of the molecule is CN(C)S(=O)(=O)c1ccccc1CNC(=O)/C=C/c1ccc(OC(F)F)cc1OC(F)F. The fourth-order valence-corrected chi connectivity index (χ4v) is 3.65. The minimum atomic E-state index is -3.73. The summed E-state index contributed by atoms with van der Waals surface area (Å²) in [4.78, 5) is 12.2. The first-order chi connectivity index (χ1) is 15.0. The van der Waals surface area contributed by atoms with Crippen molar-refractivity contribution in [1.82, 2.24) is 9.62 Å². The predicted octanol–water partition coefficient (Wildman–Crippen LogP) is 3.47. The lowest BCUT2D eigenvalue weighted by atomic mass is 10.1. The highest BCUT2D eigenvalue weighted by atomic mass is 32.2. The van der Waals surface area contributed by atoms with Crippen LogP contribution in [0.4, 0.5) is 17.6 Å². The summed E-state index contributed by atoms with van der Waals surface area (Å²) in [7, 11) is -0.971. The number of hydrogen-bond donors (Lipinski definition) is 1. The molecule has 1 amide bonds. The Morgan fingerprint density at radius 1 is 1.06 bits per heavy atom. The number of nitrogens with one attached hydrogen (secondary N) is 1. The molecule has 0 bridgehead atoms. The van der Waals surface area contributed by atoms with Gasteiger partial charge in [-0.1, -0.05) is 18.2 Å². The molecule has 0 saturated carbocycles. The summed E-state index contributed by atoms with van der Waals surface area (Å²) in [6.45, 7) is -6.50. The molecule has 0 atom stereocenters. The summed E-state index contributed by atoms with van der Waals surface area (Å²) < 4.78 is 84.2. The third kappa shape index (κ3) is 6.95. The molecule has 0 aliphatic carbocycles. The van der Waals surface area contributed by atoms with E-state index in [0.29, 0.717) is 5.56 Å². The lowest BCUT2D eigenvalue weighted by Gasteiger charge is -2.15. The van der Waals surface area contributed by atoms with E-state index >= 15 is 0 Å². The molecule has 0 saturated heterocycles. The zero-order valence-corrected chi connectivity index (χ0v) is 17.8. The monoisotopic (exact) mass is 476 g/mol. The molecule has 12 heteroatoms. The molecule has 7 nitrogen and oxygen atoms in total. The van der Waals surface area contributed by atoms with Gasteiger partial charge in [0.1, 0.15) is 11.5 Å². The summed E-state index contributed by atoms with van der Waals surface area (Å²) in [5.74, 6) is -1.52. The summed E-state index contributed by atoms with van der Waals surface area (Å²) in [6.07, 6.45) is 2.14. The minimum absolute atomic E-state index is 0.0117. The number of ether oxygens (including phenoxy) is 2. The molecule has 2 rings (SSSR count). The molecular weight excluding hydrogens is 456 g/mol. The molecule has 0 spiro atoms. The van der Waals surface area contributed by atoms with Crippen molar-refractivity contribution in [3.63, 3.8) is 0 Å². The van der Waals surface area contributed by atoms with Crippen molar-refractivity contribution in [2.24, 2.45) is 0 Å². The average Bonchev–Trinajstić information content (AvgIpc) is 2.70. The number of hydrogen-bond acceptors (Lipinski definition) is 5. The van der Waals surface area contributed by atoms with Gasteiger partial charge in [-0.25, -0.2) is 12.7 Å². The number of rotatable bonds is 10. The quantitative estimate of drug-likeness (QED) is 0.419. The first kappa shape index (κ1) is 25.1. The number of carbonyl (C=O) groups excluding carboxylic acids is 1. The van der Waals surface area contributed by atoms with Gasteiger partial charge in [-0.3, -0.25) is 4.79 Å². The molecule has 0 fully saturated rings. The van der Waals surface area contributed by atoms with Gasteiger partial charge in [-0.05, 0) is 29.8 Å². The van der Waals surface area contributed by atoms with E-state index in [1.165, 1.54) is 26.2 Å². The standard InChI is InChI=1S/C20H20F4N2O5S/c1-26(2)32(28,29)17-6-4-3-5-14(17)12-25-18(27)10-8-13-7-9-15(30-19(21)22)11-16(13)31-20(23)24/h3-11,19-20H,12H2,1-2H3,(H,25,27)/b10-8+. The maximum atomic E-state index is 12.6. The van der Waals surface area contributed by atoms with Gasteiger partial charge in [0.05, 0.1) is 4.90 Å². The Labute approximate surface area is 182 Å². The number of alkyl halides is 4. The van der Waals surface area contributed by atoms with Gasteiger partial charge in [0.2, 0.25) is 15.9 Å². The average molecular weight is 476 g/mol. The summed E-state index contributed by atoms with van der Waals surface area (Å²) in [5, 5.41) is 2.50. The second-order valence-corrected chi connectivity index (χ2v) is 8.52. The van der Waals surface area contributed by atoms with Gasteiger partial charge in [0.15, 0.2) is 0 Å². The van der Waals surface area contributed by atoms with Crippen LogP contribution in [0.5, 0.6) is 11.5 Å². The fourth-order valence-electron chi connectivity index (χ4n) is 2.53. The number of amides is 1. The minimum Gasteiger partial charge on any atom is -0.435 e. The molecular formula is C20H20F4N2O5S. The highest BCUT2D eigenvalue weighted by Gasteiger charge is 2.20. The summed E-state index contributed by atoms with van der Waals surface area (Å²) in [6, 6.07) is 9.22. The molecule has 2 aromatic carbocycles. The molecule has 0 radical (unpaired) electrons. The van der Waals surface area contributed by atoms with E-state index in [9.17, 15) is 30.8 Å². The first-order valence-corrected chi connectivity index (χ1v) is 10.4. The topological polar surface area (TPSA) is 84.9 Å². The Morgan fingerprint density at radius 2 is 1.72 bits per heavy atom. The van der Waals surface area contributed by atoms with Gasteiger partial charge in [0, 0.05) is 38.3 Å². The van der Waals surface area contributed by atoms with E-state index in [4.69, 9.17) is 0 Å². The lowest BCUT2D eigenvalue weighted by molar-refractivity contribution is -0.116. The highest BCUT2D eigenvalue weighted by molar-refractivity contribution is 7.89. The van der Waals surface area contributed by atoms with Crippen LogP contribution in [0.15, 0.2) is 53.4 Å². The van der Waals surface area contributed by atoms with Crippen LogP contribution in [-0.4, -0.2) is 45.9 Å². The fraction of sp³-hybridized carbons (Fsp3) is 0.250. The van der Waals surface area contributed by atoms with Gasteiger partial charge >= 0.3 is 13.2 Å². The van der Waals surface area contributed by atoms with Crippen molar-refractivity contribution in [3.8, 4) is 11.5 Å². The molecule has 0 aliphatic heterocycles. The Hall–Kier alpha value is -3.12. The molecule has 0 unspecified atom stereocenters. The maximum Gasteiger partial charge on any atom is 0.387 e. The van der Waals surface area contributed by atoms with Crippen LogP contribution in [-0.2, 0) is 21.4 Å². The number of carbonyl (C=O) groups is 1. The largest absolute Gasteiger partial charge is 0.435 e. The zero-order chi connectivity index (χ0) is 23.9. The van der Waals surface area contributed by atoms with Crippen molar-refractivity contribution in [2.45, 2.75) is 24.7 Å². The zero-order valence-electron chi connectivity index (χ0n) is 17.0. The van der Waals surface area contributed by atoms with Crippen molar-refractivity contribution in [1.29, 1.82) is 0 Å². The summed E-state index contributed by atoms with van der Waals surface area (Å²) >= 11 is 0. The second-order valence-electron chi connectivity index (χ2n) is 6.40. The Balaban J connectivity index is 2.15. The van der Waals surface area contributed by atoms with Gasteiger partial charge in [-0.2, -0.15) is 17.6 Å².